The number of hydrogen-bond donors (Lipinski definition) is 2. The summed E-state index contributed by atoms with van der Waals surface area (Å²) in [6.07, 6.45) is -5.28. The molecule has 0 heterocycles. The summed E-state index contributed by atoms with van der Waals surface area (Å²) in [6.45, 7) is 1.01. The number of nitrogens with one attached hydrogen (secondary N) is 1. The van der Waals surface area contributed by atoms with Crippen molar-refractivity contribution in [3.63, 3.8) is 0 Å². The Labute approximate surface area is 159 Å². The number of halogens is 3. The number of ether oxygens (including phenoxy) is 1. The molecule has 9 heteroatoms. The van der Waals surface area contributed by atoms with Crippen LogP contribution in [0.5, 0.6) is 0 Å². The highest BCUT2D eigenvalue weighted by molar-refractivity contribution is 6.01. The first-order chi connectivity index (χ1) is 13.1. The molecule has 0 saturated carbocycles. The van der Waals surface area contributed by atoms with Gasteiger partial charge in [-0.25, -0.2) is 9.59 Å². The molecule has 28 heavy (non-hydrogen) atoms. The van der Waals surface area contributed by atoms with Crippen molar-refractivity contribution in [2.45, 2.75) is 18.7 Å². The van der Waals surface area contributed by atoms with Crippen molar-refractivity contribution in [3.8, 4) is 0 Å². The van der Waals surface area contributed by atoms with Crippen molar-refractivity contribution in [2.24, 2.45) is 0 Å². The molecule has 150 valence electrons. The number of alkyl halides is 3. The molecule has 2 amide bonds. The first-order valence-corrected chi connectivity index (χ1v) is 8.28. The van der Waals surface area contributed by atoms with Gasteiger partial charge in [0.2, 0.25) is 0 Å². The number of amides is 2. The van der Waals surface area contributed by atoms with Crippen LogP contribution in [0.15, 0.2) is 54.6 Å². The summed E-state index contributed by atoms with van der Waals surface area (Å²) in [4.78, 5) is 25.2. The molecule has 0 saturated heterocycles. The number of rotatable bonds is 5. The summed E-state index contributed by atoms with van der Waals surface area (Å²) in [7, 11) is 1.43. The SMILES string of the molecule is CCOC(=O)[C@@](O)(c1ccc(N(C)C(=O)Nc2ccccc2)cc1)C(F)(F)F. The van der Waals surface area contributed by atoms with Crippen LogP contribution < -0.4 is 10.2 Å². The molecule has 2 aromatic rings. The van der Waals surface area contributed by atoms with E-state index in [4.69, 9.17) is 0 Å². The lowest BCUT2D eigenvalue weighted by atomic mass is 9.93. The zero-order valence-corrected chi connectivity index (χ0v) is 15.2. The minimum atomic E-state index is -5.28. The van der Waals surface area contributed by atoms with E-state index in [2.05, 4.69) is 10.1 Å². The maximum atomic E-state index is 13.4. The van der Waals surface area contributed by atoms with Crippen LogP contribution in [0, 0.1) is 0 Å². The molecule has 0 aliphatic carbocycles. The van der Waals surface area contributed by atoms with E-state index in [1.165, 1.54) is 31.0 Å². The summed E-state index contributed by atoms with van der Waals surface area (Å²) in [5.74, 6) is -1.81. The van der Waals surface area contributed by atoms with Gasteiger partial charge < -0.3 is 15.2 Å². The number of anilines is 2. The molecule has 2 N–H and O–H groups in total. The molecule has 0 fully saturated rings. The van der Waals surface area contributed by atoms with Crippen molar-refractivity contribution in [3.05, 3.63) is 60.2 Å². The van der Waals surface area contributed by atoms with Crippen LogP contribution in [-0.4, -0.2) is 36.9 Å². The van der Waals surface area contributed by atoms with E-state index in [9.17, 15) is 27.9 Å². The van der Waals surface area contributed by atoms with Crippen LogP contribution in [0.25, 0.3) is 0 Å². The van der Waals surface area contributed by atoms with Gasteiger partial charge in [0.1, 0.15) is 0 Å². The standard InChI is InChI=1S/C19H19F3N2O4/c1-3-28-16(25)18(27,19(20,21)22)13-9-11-15(12-10-13)24(2)17(26)23-14-7-5-4-6-8-14/h4-12,27H,3H2,1-2H3,(H,23,26)/t18-/m0/s1. The molecule has 0 unspecified atom stereocenters. The van der Waals surface area contributed by atoms with Gasteiger partial charge in [-0.2, -0.15) is 13.2 Å². The van der Waals surface area contributed by atoms with E-state index in [0.717, 1.165) is 12.1 Å². The minimum Gasteiger partial charge on any atom is -0.463 e. The first-order valence-electron chi connectivity index (χ1n) is 8.28. The molecule has 2 aromatic carbocycles. The van der Waals surface area contributed by atoms with Crippen LogP contribution in [0.1, 0.15) is 12.5 Å². The number of urea groups is 1. The van der Waals surface area contributed by atoms with Gasteiger partial charge in [0.05, 0.1) is 6.61 Å². The summed E-state index contributed by atoms with van der Waals surface area (Å²) < 4.78 is 44.5. The topological polar surface area (TPSA) is 78.9 Å². The fourth-order valence-electron chi connectivity index (χ4n) is 2.41. The Kier molecular flexibility index (Phi) is 6.30. The Bertz CT molecular complexity index is 825. The maximum Gasteiger partial charge on any atom is 0.432 e. The van der Waals surface area contributed by atoms with E-state index < -0.39 is 29.3 Å². The van der Waals surface area contributed by atoms with Gasteiger partial charge in [-0.05, 0) is 31.2 Å². The molecular formula is C19H19F3N2O4. The molecule has 0 aromatic heterocycles. The van der Waals surface area contributed by atoms with Gasteiger partial charge in [0.15, 0.2) is 0 Å². The van der Waals surface area contributed by atoms with Gasteiger partial charge >= 0.3 is 18.2 Å². The maximum absolute atomic E-state index is 13.4. The molecule has 6 nitrogen and oxygen atoms in total. The van der Waals surface area contributed by atoms with E-state index in [-0.39, 0.29) is 12.3 Å². The number of hydrogen-bond acceptors (Lipinski definition) is 4. The van der Waals surface area contributed by atoms with E-state index in [0.29, 0.717) is 5.69 Å². The van der Waals surface area contributed by atoms with Crippen molar-refractivity contribution in [1.82, 2.24) is 0 Å². The lowest BCUT2D eigenvalue weighted by molar-refractivity contribution is -0.267. The molecule has 0 bridgehead atoms. The quantitative estimate of drug-likeness (QED) is 0.756. The van der Waals surface area contributed by atoms with Crippen LogP contribution in [0.4, 0.5) is 29.3 Å². The third-order valence-corrected chi connectivity index (χ3v) is 3.98. The van der Waals surface area contributed by atoms with Gasteiger partial charge in [-0.15, -0.1) is 0 Å². The summed E-state index contributed by atoms with van der Waals surface area (Å²) in [5, 5.41) is 12.7. The predicted molar refractivity (Wildman–Crippen MR) is 96.9 cm³/mol. The number of para-hydroxylation sites is 1. The van der Waals surface area contributed by atoms with Crippen molar-refractivity contribution in [1.29, 1.82) is 0 Å². The molecule has 0 radical (unpaired) electrons. The molecule has 0 aliphatic rings. The Morgan fingerprint density at radius 1 is 1.07 bits per heavy atom. The second-order valence-corrected chi connectivity index (χ2v) is 5.83. The van der Waals surface area contributed by atoms with Crippen molar-refractivity contribution in [2.75, 3.05) is 23.9 Å². The number of aliphatic hydroxyl groups is 1. The highest BCUT2D eigenvalue weighted by atomic mass is 19.4. The molecule has 2 rings (SSSR count). The number of nitrogens with zero attached hydrogens (tertiary/aromatic N) is 1. The van der Waals surface area contributed by atoms with Gasteiger partial charge in [-0.3, -0.25) is 4.90 Å². The number of esters is 1. The van der Waals surface area contributed by atoms with Gasteiger partial charge in [0.25, 0.3) is 5.60 Å². The molecule has 0 spiro atoms. The van der Waals surface area contributed by atoms with E-state index in [1.807, 2.05) is 0 Å². The van der Waals surface area contributed by atoms with Crippen LogP contribution in [0.2, 0.25) is 0 Å². The monoisotopic (exact) mass is 396 g/mol. The van der Waals surface area contributed by atoms with E-state index in [1.54, 1.807) is 30.3 Å². The third-order valence-electron chi connectivity index (χ3n) is 3.98. The largest absolute Gasteiger partial charge is 0.463 e. The Morgan fingerprint density at radius 3 is 2.14 bits per heavy atom. The van der Waals surface area contributed by atoms with E-state index >= 15 is 0 Å². The second-order valence-electron chi connectivity index (χ2n) is 5.83. The zero-order valence-electron chi connectivity index (χ0n) is 15.2. The van der Waals surface area contributed by atoms with Crippen molar-refractivity contribution >= 4 is 23.4 Å². The number of carbonyl (C=O) groups excluding carboxylic acids is 2. The average Bonchev–Trinajstić information content (AvgIpc) is 2.67. The number of benzene rings is 2. The zero-order chi connectivity index (χ0) is 20.9. The number of carbonyl (C=O) groups is 2. The normalized spacial score (nSPS) is 13.4. The fourth-order valence-corrected chi connectivity index (χ4v) is 2.41. The summed E-state index contributed by atoms with van der Waals surface area (Å²) >= 11 is 0. The lowest BCUT2D eigenvalue weighted by Crippen LogP contribution is -2.50. The smallest absolute Gasteiger partial charge is 0.432 e. The predicted octanol–water partition coefficient (Wildman–Crippen LogP) is 3.67. The highest BCUT2D eigenvalue weighted by Crippen LogP contribution is 2.40. The Balaban J connectivity index is 2.25. The highest BCUT2D eigenvalue weighted by Gasteiger charge is 2.62. The molecule has 0 aliphatic heterocycles. The lowest BCUT2D eigenvalue weighted by Gasteiger charge is -2.29. The Hall–Kier alpha value is -3.07. The minimum absolute atomic E-state index is 0.255. The first kappa shape index (κ1) is 21.2. The van der Waals surface area contributed by atoms with Crippen LogP contribution >= 0.6 is 0 Å². The second kappa shape index (κ2) is 8.30. The average molecular weight is 396 g/mol. The fraction of sp³-hybridized carbons (Fsp3) is 0.263. The molecule has 1 atom stereocenters. The summed E-state index contributed by atoms with van der Waals surface area (Å²) in [6, 6.07) is 12.3. The van der Waals surface area contributed by atoms with Crippen molar-refractivity contribution < 1.29 is 32.6 Å². The van der Waals surface area contributed by atoms with Gasteiger partial charge in [0, 0.05) is 24.0 Å². The molecular weight excluding hydrogens is 377 g/mol. The van der Waals surface area contributed by atoms with Gasteiger partial charge in [-0.1, -0.05) is 30.3 Å². The van der Waals surface area contributed by atoms with Crippen LogP contribution in [0.3, 0.4) is 0 Å². The van der Waals surface area contributed by atoms with Crippen LogP contribution in [-0.2, 0) is 15.1 Å². The summed E-state index contributed by atoms with van der Waals surface area (Å²) in [5.41, 5.74) is -3.71. The Morgan fingerprint density at radius 2 is 1.64 bits per heavy atom. The third kappa shape index (κ3) is 4.25.